The van der Waals surface area contributed by atoms with Gasteiger partial charge < -0.3 is 10.6 Å². The zero-order valence-electron chi connectivity index (χ0n) is 11.5. The Morgan fingerprint density at radius 2 is 1.89 bits per heavy atom. The first kappa shape index (κ1) is 13.5. The lowest BCUT2D eigenvalue weighted by atomic mass is 10.1. The average Bonchev–Trinajstić information content (AvgIpc) is 2.45. The lowest BCUT2D eigenvalue weighted by Gasteiger charge is -2.23. The Balaban J connectivity index is 2.24. The van der Waals surface area contributed by atoms with Gasteiger partial charge in [0.25, 0.3) is 0 Å². The van der Waals surface area contributed by atoms with E-state index in [2.05, 4.69) is 33.9 Å². The number of rotatable bonds is 5. The third kappa shape index (κ3) is 3.29. The maximum atomic E-state index is 5.79. The van der Waals surface area contributed by atoms with E-state index in [4.69, 9.17) is 5.73 Å². The van der Waals surface area contributed by atoms with Gasteiger partial charge in [0, 0.05) is 31.4 Å². The normalized spacial score (nSPS) is 10.5. The molecule has 2 N–H and O–H groups in total. The Hall–Kier alpha value is -1.94. The molecule has 0 radical (unpaired) electrons. The SMILES string of the molecule is CCN(Cc1ccccc1CN)c1cc(C)ncn1. The van der Waals surface area contributed by atoms with Gasteiger partial charge in [-0.2, -0.15) is 0 Å². The van der Waals surface area contributed by atoms with Crippen molar-refractivity contribution in [2.75, 3.05) is 11.4 Å². The van der Waals surface area contributed by atoms with Crippen LogP contribution in [0.25, 0.3) is 0 Å². The molecule has 2 aromatic rings. The Labute approximate surface area is 114 Å². The summed E-state index contributed by atoms with van der Waals surface area (Å²) >= 11 is 0. The number of benzene rings is 1. The molecule has 1 heterocycles. The number of nitrogens with zero attached hydrogens (tertiary/aromatic N) is 3. The third-order valence-corrected chi connectivity index (χ3v) is 3.19. The van der Waals surface area contributed by atoms with Crippen LogP contribution in [0.15, 0.2) is 36.7 Å². The van der Waals surface area contributed by atoms with Crippen LogP contribution in [0.5, 0.6) is 0 Å². The molecule has 1 aromatic heterocycles. The van der Waals surface area contributed by atoms with Gasteiger partial charge in [-0.3, -0.25) is 0 Å². The van der Waals surface area contributed by atoms with Gasteiger partial charge >= 0.3 is 0 Å². The first-order valence-electron chi connectivity index (χ1n) is 6.55. The minimum Gasteiger partial charge on any atom is -0.352 e. The molecule has 0 atom stereocenters. The Morgan fingerprint density at radius 3 is 2.53 bits per heavy atom. The van der Waals surface area contributed by atoms with Crippen LogP contribution in [-0.4, -0.2) is 16.5 Å². The van der Waals surface area contributed by atoms with Crippen molar-refractivity contribution in [1.29, 1.82) is 0 Å². The second-order valence-electron chi connectivity index (χ2n) is 4.50. The molecule has 0 amide bonds. The van der Waals surface area contributed by atoms with Crippen LogP contribution >= 0.6 is 0 Å². The first-order valence-corrected chi connectivity index (χ1v) is 6.55. The summed E-state index contributed by atoms with van der Waals surface area (Å²) in [5.74, 6) is 0.960. The largest absolute Gasteiger partial charge is 0.352 e. The highest BCUT2D eigenvalue weighted by molar-refractivity contribution is 5.41. The summed E-state index contributed by atoms with van der Waals surface area (Å²) in [6, 6.07) is 10.3. The fourth-order valence-electron chi connectivity index (χ4n) is 2.08. The molecule has 4 nitrogen and oxygen atoms in total. The van der Waals surface area contributed by atoms with Gasteiger partial charge in [0.1, 0.15) is 12.1 Å². The molecule has 0 fully saturated rings. The summed E-state index contributed by atoms with van der Waals surface area (Å²) in [5.41, 5.74) is 9.21. The van der Waals surface area contributed by atoms with Gasteiger partial charge in [-0.1, -0.05) is 24.3 Å². The van der Waals surface area contributed by atoms with Crippen LogP contribution in [0.1, 0.15) is 23.7 Å². The summed E-state index contributed by atoms with van der Waals surface area (Å²) in [6.45, 7) is 6.39. The molecular formula is C15H20N4. The quantitative estimate of drug-likeness (QED) is 0.891. The molecule has 0 aliphatic heterocycles. The van der Waals surface area contributed by atoms with Gasteiger partial charge in [0.2, 0.25) is 0 Å². The molecule has 0 saturated heterocycles. The molecule has 0 unspecified atom stereocenters. The van der Waals surface area contributed by atoms with Crippen molar-refractivity contribution >= 4 is 5.82 Å². The summed E-state index contributed by atoms with van der Waals surface area (Å²) < 4.78 is 0. The van der Waals surface area contributed by atoms with Crippen molar-refractivity contribution in [3.63, 3.8) is 0 Å². The zero-order chi connectivity index (χ0) is 13.7. The van der Waals surface area contributed by atoms with E-state index in [0.29, 0.717) is 6.54 Å². The van der Waals surface area contributed by atoms with E-state index in [9.17, 15) is 0 Å². The molecule has 0 bridgehead atoms. The number of hydrogen-bond donors (Lipinski definition) is 1. The molecule has 0 saturated carbocycles. The van der Waals surface area contributed by atoms with E-state index >= 15 is 0 Å². The van der Waals surface area contributed by atoms with Crippen LogP contribution in [0, 0.1) is 6.92 Å². The topological polar surface area (TPSA) is 55.0 Å². The summed E-state index contributed by atoms with van der Waals surface area (Å²) in [7, 11) is 0. The number of aromatic nitrogens is 2. The van der Waals surface area contributed by atoms with Gasteiger partial charge in [-0.05, 0) is 25.0 Å². The van der Waals surface area contributed by atoms with E-state index in [1.807, 2.05) is 25.1 Å². The lowest BCUT2D eigenvalue weighted by Crippen LogP contribution is -2.24. The molecule has 0 aliphatic carbocycles. The van der Waals surface area contributed by atoms with Crippen LogP contribution in [0.4, 0.5) is 5.82 Å². The van der Waals surface area contributed by atoms with E-state index in [1.165, 1.54) is 11.1 Å². The Kier molecular flexibility index (Phi) is 4.47. The maximum Gasteiger partial charge on any atom is 0.132 e. The molecule has 19 heavy (non-hydrogen) atoms. The average molecular weight is 256 g/mol. The van der Waals surface area contributed by atoms with Crippen molar-refractivity contribution < 1.29 is 0 Å². The molecule has 0 aliphatic rings. The van der Waals surface area contributed by atoms with Crippen molar-refractivity contribution in [2.24, 2.45) is 5.73 Å². The van der Waals surface area contributed by atoms with E-state index in [-0.39, 0.29) is 0 Å². The Morgan fingerprint density at radius 1 is 1.16 bits per heavy atom. The summed E-state index contributed by atoms with van der Waals surface area (Å²) in [5, 5.41) is 0. The van der Waals surface area contributed by atoms with Crippen molar-refractivity contribution in [3.05, 3.63) is 53.5 Å². The molecule has 4 heteroatoms. The molecular weight excluding hydrogens is 236 g/mol. The van der Waals surface area contributed by atoms with E-state index in [1.54, 1.807) is 6.33 Å². The zero-order valence-corrected chi connectivity index (χ0v) is 11.5. The molecule has 1 aromatic carbocycles. The molecule has 100 valence electrons. The number of anilines is 1. The van der Waals surface area contributed by atoms with Crippen molar-refractivity contribution in [3.8, 4) is 0 Å². The number of nitrogens with two attached hydrogens (primary N) is 1. The second-order valence-corrected chi connectivity index (χ2v) is 4.50. The van der Waals surface area contributed by atoms with Gasteiger partial charge in [0.15, 0.2) is 0 Å². The minimum atomic E-state index is 0.566. The van der Waals surface area contributed by atoms with Gasteiger partial charge in [-0.15, -0.1) is 0 Å². The fraction of sp³-hybridized carbons (Fsp3) is 0.333. The van der Waals surface area contributed by atoms with Crippen LogP contribution in [-0.2, 0) is 13.1 Å². The monoisotopic (exact) mass is 256 g/mol. The van der Waals surface area contributed by atoms with Crippen LogP contribution < -0.4 is 10.6 Å². The van der Waals surface area contributed by atoms with E-state index < -0.39 is 0 Å². The minimum absolute atomic E-state index is 0.566. The fourth-order valence-corrected chi connectivity index (χ4v) is 2.08. The number of aryl methyl sites for hydroxylation is 1. The lowest BCUT2D eigenvalue weighted by molar-refractivity contribution is 0.798. The highest BCUT2D eigenvalue weighted by atomic mass is 15.2. The van der Waals surface area contributed by atoms with Gasteiger partial charge in [0.05, 0.1) is 0 Å². The maximum absolute atomic E-state index is 5.79. The molecule has 0 spiro atoms. The van der Waals surface area contributed by atoms with Crippen molar-refractivity contribution in [2.45, 2.75) is 26.9 Å². The predicted molar refractivity (Wildman–Crippen MR) is 77.8 cm³/mol. The number of hydrogen-bond acceptors (Lipinski definition) is 4. The Bertz CT molecular complexity index is 539. The molecule has 2 rings (SSSR count). The first-order chi connectivity index (χ1) is 9.24. The van der Waals surface area contributed by atoms with Gasteiger partial charge in [-0.25, -0.2) is 9.97 Å². The second kappa shape index (κ2) is 6.29. The smallest absolute Gasteiger partial charge is 0.132 e. The van der Waals surface area contributed by atoms with Crippen molar-refractivity contribution in [1.82, 2.24) is 9.97 Å². The van der Waals surface area contributed by atoms with Crippen LogP contribution in [0.3, 0.4) is 0 Å². The highest BCUT2D eigenvalue weighted by Gasteiger charge is 2.09. The van der Waals surface area contributed by atoms with E-state index in [0.717, 1.165) is 24.6 Å². The standard InChI is InChI=1S/C15H20N4/c1-3-19(15-8-12(2)17-11-18-15)10-14-7-5-4-6-13(14)9-16/h4-8,11H,3,9-10,16H2,1-2H3. The highest BCUT2D eigenvalue weighted by Crippen LogP contribution is 2.17. The predicted octanol–water partition coefficient (Wildman–Crippen LogP) is 2.27. The summed E-state index contributed by atoms with van der Waals surface area (Å²) in [4.78, 5) is 10.7. The summed E-state index contributed by atoms with van der Waals surface area (Å²) in [6.07, 6.45) is 1.61. The van der Waals surface area contributed by atoms with Crippen LogP contribution in [0.2, 0.25) is 0 Å². The third-order valence-electron chi connectivity index (χ3n) is 3.19.